The van der Waals surface area contributed by atoms with Crippen LogP contribution in [0.5, 0.6) is 0 Å². The SMILES string of the molecule is N[C@@H]1C[C@@H](c2ccccc2)CCC1=O. The number of benzene rings is 1. The van der Waals surface area contributed by atoms with Crippen molar-refractivity contribution in [3.8, 4) is 0 Å². The lowest BCUT2D eigenvalue weighted by atomic mass is 9.81. The number of nitrogens with two attached hydrogens (primary N) is 1. The van der Waals surface area contributed by atoms with E-state index in [2.05, 4.69) is 12.1 Å². The van der Waals surface area contributed by atoms with Crippen molar-refractivity contribution in [1.29, 1.82) is 0 Å². The Kier molecular flexibility index (Phi) is 2.64. The number of Topliss-reactive ketones (excluding diaryl/α,β-unsaturated/α-hetero) is 1. The molecule has 0 radical (unpaired) electrons. The third-order valence-electron chi connectivity index (χ3n) is 2.96. The van der Waals surface area contributed by atoms with Gasteiger partial charge in [0.1, 0.15) is 5.78 Å². The Morgan fingerprint density at radius 2 is 1.93 bits per heavy atom. The average Bonchev–Trinajstić information content (AvgIpc) is 2.23. The molecule has 0 amide bonds. The lowest BCUT2D eigenvalue weighted by molar-refractivity contribution is -0.121. The molecule has 1 aromatic rings. The van der Waals surface area contributed by atoms with Gasteiger partial charge in [-0.25, -0.2) is 0 Å². The van der Waals surface area contributed by atoms with Crippen molar-refractivity contribution in [1.82, 2.24) is 0 Å². The molecule has 0 heterocycles. The highest BCUT2D eigenvalue weighted by Crippen LogP contribution is 2.30. The summed E-state index contributed by atoms with van der Waals surface area (Å²) in [7, 11) is 0. The highest BCUT2D eigenvalue weighted by molar-refractivity contribution is 5.84. The molecular formula is C12H15NO. The maximum absolute atomic E-state index is 11.2. The van der Waals surface area contributed by atoms with Crippen molar-refractivity contribution >= 4 is 5.78 Å². The maximum atomic E-state index is 11.2. The Balaban J connectivity index is 2.11. The molecule has 2 atom stereocenters. The van der Waals surface area contributed by atoms with E-state index in [4.69, 9.17) is 5.73 Å². The molecule has 1 aromatic carbocycles. The second-order valence-electron chi connectivity index (χ2n) is 3.95. The van der Waals surface area contributed by atoms with Crippen molar-refractivity contribution in [3.63, 3.8) is 0 Å². The summed E-state index contributed by atoms with van der Waals surface area (Å²) in [5.41, 5.74) is 7.07. The quantitative estimate of drug-likeness (QED) is 0.732. The summed E-state index contributed by atoms with van der Waals surface area (Å²) in [6.45, 7) is 0. The summed E-state index contributed by atoms with van der Waals surface area (Å²) in [5, 5.41) is 0. The van der Waals surface area contributed by atoms with Crippen molar-refractivity contribution in [2.45, 2.75) is 31.2 Å². The molecule has 1 aliphatic rings. The molecule has 0 bridgehead atoms. The van der Waals surface area contributed by atoms with Crippen LogP contribution in [0.4, 0.5) is 0 Å². The second-order valence-corrected chi connectivity index (χ2v) is 3.95. The van der Waals surface area contributed by atoms with Gasteiger partial charge in [0.25, 0.3) is 0 Å². The summed E-state index contributed by atoms with van der Waals surface area (Å²) in [4.78, 5) is 11.2. The van der Waals surface area contributed by atoms with Crippen molar-refractivity contribution in [2.75, 3.05) is 0 Å². The molecule has 0 unspecified atom stereocenters. The van der Waals surface area contributed by atoms with Crippen molar-refractivity contribution in [3.05, 3.63) is 35.9 Å². The first-order valence-electron chi connectivity index (χ1n) is 5.10. The van der Waals surface area contributed by atoms with Gasteiger partial charge >= 0.3 is 0 Å². The highest BCUT2D eigenvalue weighted by atomic mass is 16.1. The predicted octanol–water partition coefficient (Wildman–Crippen LogP) is 1.85. The fourth-order valence-corrected chi connectivity index (χ4v) is 2.09. The van der Waals surface area contributed by atoms with E-state index < -0.39 is 0 Å². The minimum absolute atomic E-state index is 0.220. The zero-order valence-electron chi connectivity index (χ0n) is 8.15. The molecule has 0 saturated heterocycles. The Morgan fingerprint density at radius 1 is 1.21 bits per heavy atom. The molecule has 0 aliphatic heterocycles. The fraction of sp³-hybridized carbons (Fsp3) is 0.417. The number of hydrogen-bond acceptors (Lipinski definition) is 2. The topological polar surface area (TPSA) is 43.1 Å². The van der Waals surface area contributed by atoms with E-state index in [-0.39, 0.29) is 11.8 Å². The van der Waals surface area contributed by atoms with Crippen LogP contribution in [0.3, 0.4) is 0 Å². The van der Waals surface area contributed by atoms with Crippen LogP contribution < -0.4 is 5.73 Å². The van der Waals surface area contributed by atoms with Crippen molar-refractivity contribution < 1.29 is 4.79 Å². The van der Waals surface area contributed by atoms with Gasteiger partial charge < -0.3 is 5.73 Å². The monoisotopic (exact) mass is 189 g/mol. The van der Waals surface area contributed by atoms with Crippen LogP contribution in [0.25, 0.3) is 0 Å². The van der Waals surface area contributed by atoms with Crippen LogP contribution in [0.2, 0.25) is 0 Å². The van der Waals surface area contributed by atoms with Gasteiger partial charge in [0.15, 0.2) is 0 Å². The largest absolute Gasteiger partial charge is 0.321 e. The summed E-state index contributed by atoms with van der Waals surface area (Å²) in [6, 6.07) is 10.1. The molecule has 1 aliphatic carbocycles. The molecule has 2 heteroatoms. The number of hydrogen-bond donors (Lipinski definition) is 1. The van der Waals surface area contributed by atoms with E-state index in [1.165, 1.54) is 5.56 Å². The number of rotatable bonds is 1. The number of carbonyl (C=O) groups excluding carboxylic acids is 1. The zero-order chi connectivity index (χ0) is 9.97. The first-order chi connectivity index (χ1) is 6.77. The fourth-order valence-electron chi connectivity index (χ4n) is 2.09. The summed E-state index contributed by atoms with van der Waals surface area (Å²) in [5.74, 6) is 0.695. The Hall–Kier alpha value is -1.15. The second kappa shape index (κ2) is 3.93. The van der Waals surface area contributed by atoms with Crippen LogP contribution in [0, 0.1) is 0 Å². The molecule has 0 spiro atoms. The lowest BCUT2D eigenvalue weighted by Crippen LogP contribution is -2.36. The van der Waals surface area contributed by atoms with Crippen LogP contribution in [-0.4, -0.2) is 11.8 Å². The Labute approximate surface area is 84.1 Å². The van der Waals surface area contributed by atoms with Gasteiger partial charge in [-0.2, -0.15) is 0 Å². The summed E-state index contributed by atoms with van der Waals surface area (Å²) in [6.07, 6.45) is 2.40. The highest BCUT2D eigenvalue weighted by Gasteiger charge is 2.26. The van der Waals surface area contributed by atoms with Crippen LogP contribution in [-0.2, 0) is 4.79 Å². The third kappa shape index (κ3) is 1.85. The molecule has 2 rings (SSSR count). The number of carbonyl (C=O) groups is 1. The minimum atomic E-state index is -0.242. The summed E-state index contributed by atoms with van der Waals surface area (Å²) < 4.78 is 0. The standard InChI is InChI=1S/C12H15NO/c13-11-8-10(6-7-12(11)14)9-4-2-1-3-5-9/h1-5,10-11H,6-8,13H2/t10-,11+/m0/s1. The van der Waals surface area contributed by atoms with Crippen LogP contribution in [0.1, 0.15) is 30.7 Å². The molecule has 74 valence electrons. The van der Waals surface area contributed by atoms with E-state index in [0.29, 0.717) is 12.3 Å². The van der Waals surface area contributed by atoms with E-state index in [1.807, 2.05) is 18.2 Å². The van der Waals surface area contributed by atoms with Crippen molar-refractivity contribution in [2.24, 2.45) is 5.73 Å². The third-order valence-corrected chi connectivity index (χ3v) is 2.96. The normalized spacial score (nSPS) is 27.6. The van der Waals surface area contributed by atoms with Crippen LogP contribution >= 0.6 is 0 Å². The van der Waals surface area contributed by atoms with Gasteiger partial charge in [-0.15, -0.1) is 0 Å². The van der Waals surface area contributed by atoms with E-state index in [0.717, 1.165) is 12.8 Å². The molecule has 2 nitrogen and oxygen atoms in total. The van der Waals surface area contributed by atoms with E-state index >= 15 is 0 Å². The molecule has 14 heavy (non-hydrogen) atoms. The van der Waals surface area contributed by atoms with Crippen LogP contribution in [0.15, 0.2) is 30.3 Å². The molecule has 1 fully saturated rings. The lowest BCUT2D eigenvalue weighted by Gasteiger charge is -2.25. The molecule has 2 N–H and O–H groups in total. The van der Waals surface area contributed by atoms with Gasteiger partial charge in [0.2, 0.25) is 0 Å². The molecule has 0 aromatic heterocycles. The molecule has 1 saturated carbocycles. The smallest absolute Gasteiger partial charge is 0.149 e. The predicted molar refractivity (Wildman–Crippen MR) is 56.0 cm³/mol. The van der Waals surface area contributed by atoms with Gasteiger partial charge in [0, 0.05) is 6.42 Å². The Bertz CT molecular complexity index is 320. The molecular weight excluding hydrogens is 174 g/mol. The first kappa shape index (κ1) is 9.41. The average molecular weight is 189 g/mol. The van der Waals surface area contributed by atoms with Gasteiger partial charge in [-0.1, -0.05) is 30.3 Å². The van der Waals surface area contributed by atoms with E-state index in [9.17, 15) is 4.79 Å². The summed E-state index contributed by atoms with van der Waals surface area (Å²) >= 11 is 0. The van der Waals surface area contributed by atoms with Gasteiger partial charge in [-0.3, -0.25) is 4.79 Å². The zero-order valence-corrected chi connectivity index (χ0v) is 8.15. The number of ketones is 1. The maximum Gasteiger partial charge on any atom is 0.149 e. The van der Waals surface area contributed by atoms with E-state index in [1.54, 1.807) is 0 Å². The minimum Gasteiger partial charge on any atom is -0.321 e. The van der Waals surface area contributed by atoms with Gasteiger partial charge in [-0.05, 0) is 24.3 Å². The van der Waals surface area contributed by atoms with Gasteiger partial charge in [0.05, 0.1) is 6.04 Å². The first-order valence-corrected chi connectivity index (χ1v) is 5.10. The Morgan fingerprint density at radius 3 is 2.57 bits per heavy atom.